The van der Waals surface area contributed by atoms with Crippen LogP contribution in [0, 0.1) is 0 Å². The van der Waals surface area contributed by atoms with Gasteiger partial charge in [-0.05, 0) is 44.9 Å². The lowest BCUT2D eigenvalue weighted by molar-refractivity contribution is -0.121. The van der Waals surface area contributed by atoms with Crippen molar-refractivity contribution >= 4 is 35.8 Å². The Morgan fingerprint density at radius 1 is 1.17 bits per heavy atom. The molecule has 2 aliphatic rings. The predicted molar refractivity (Wildman–Crippen MR) is 111 cm³/mol. The zero-order valence-corrected chi connectivity index (χ0v) is 17.2. The molecule has 0 aromatic carbocycles. The fourth-order valence-electron chi connectivity index (χ4n) is 3.36. The first kappa shape index (κ1) is 21.3. The van der Waals surface area contributed by atoms with E-state index in [0.29, 0.717) is 19.0 Å². The molecular weight excluding hydrogens is 415 g/mol. The second kappa shape index (κ2) is 12.6. The molecule has 0 atom stereocenters. The first-order chi connectivity index (χ1) is 11.3. The van der Waals surface area contributed by atoms with Crippen molar-refractivity contribution in [2.24, 2.45) is 4.99 Å². The number of nitrogens with zero attached hydrogens (tertiary/aromatic N) is 1. The van der Waals surface area contributed by atoms with Gasteiger partial charge in [-0.1, -0.05) is 24.5 Å². The molecule has 3 N–H and O–H groups in total. The molecule has 6 heteroatoms. The summed E-state index contributed by atoms with van der Waals surface area (Å²) < 4.78 is 0. The highest BCUT2D eigenvalue weighted by Gasteiger charge is 2.16. The Morgan fingerprint density at radius 3 is 2.58 bits per heavy atom. The second-order valence-corrected chi connectivity index (χ2v) is 6.58. The number of carbonyl (C=O) groups excluding carboxylic acids is 1. The van der Waals surface area contributed by atoms with E-state index in [4.69, 9.17) is 0 Å². The first-order valence-electron chi connectivity index (χ1n) is 9.19. The van der Waals surface area contributed by atoms with Crippen LogP contribution in [0.2, 0.25) is 0 Å². The molecule has 5 nitrogen and oxygen atoms in total. The fraction of sp³-hybridized carbons (Fsp3) is 0.778. The molecule has 0 spiro atoms. The molecule has 24 heavy (non-hydrogen) atoms. The molecule has 1 fully saturated rings. The third-order valence-electron chi connectivity index (χ3n) is 4.71. The maximum absolute atomic E-state index is 11.9. The summed E-state index contributed by atoms with van der Waals surface area (Å²) >= 11 is 0. The molecule has 0 radical (unpaired) electrons. The number of allylic oxidation sites excluding steroid dienone is 1. The van der Waals surface area contributed by atoms with Crippen LogP contribution < -0.4 is 16.0 Å². The van der Waals surface area contributed by atoms with Gasteiger partial charge in [-0.2, -0.15) is 0 Å². The van der Waals surface area contributed by atoms with Crippen LogP contribution in [0.3, 0.4) is 0 Å². The zero-order chi connectivity index (χ0) is 16.3. The fourth-order valence-corrected chi connectivity index (χ4v) is 3.36. The van der Waals surface area contributed by atoms with E-state index < -0.39 is 0 Å². The molecule has 2 aliphatic carbocycles. The molecule has 0 aromatic heterocycles. The van der Waals surface area contributed by atoms with Gasteiger partial charge in [-0.15, -0.1) is 24.0 Å². The topological polar surface area (TPSA) is 65.5 Å². The number of rotatable bonds is 7. The molecule has 0 aromatic rings. The molecule has 0 aliphatic heterocycles. The van der Waals surface area contributed by atoms with E-state index in [1.54, 1.807) is 12.6 Å². The highest BCUT2D eigenvalue weighted by molar-refractivity contribution is 14.0. The summed E-state index contributed by atoms with van der Waals surface area (Å²) in [6, 6.07) is 0.406. The quantitative estimate of drug-likeness (QED) is 0.243. The number of halogens is 1. The normalized spacial score (nSPS) is 18.5. The lowest BCUT2D eigenvalue weighted by Crippen LogP contribution is -2.40. The average Bonchev–Trinajstić information content (AvgIpc) is 3.07. The SMILES string of the molecule is CN=C(NCCC(=O)NC1CCCC1)NCCC1=CCCCC1.I. The largest absolute Gasteiger partial charge is 0.356 e. The summed E-state index contributed by atoms with van der Waals surface area (Å²) in [6.45, 7) is 1.53. The Hall–Kier alpha value is -0.790. The summed E-state index contributed by atoms with van der Waals surface area (Å²) in [7, 11) is 1.77. The van der Waals surface area contributed by atoms with Crippen LogP contribution >= 0.6 is 24.0 Å². The summed E-state index contributed by atoms with van der Waals surface area (Å²) in [5.74, 6) is 0.933. The van der Waals surface area contributed by atoms with Crippen molar-refractivity contribution in [2.45, 2.75) is 70.3 Å². The van der Waals surface area contributed by atoms with Crippen LogP contribution in [0.5, 0.6) is 0 Å². The standard InChI is InChI=1S/C18H32N4O.HI/c1-19-18(20-13-11-15-7-3-2-4-8-15)21-14-12-17(23)22-16-9-5-6-10-16;/h7,16H,2-6,8-14H2,1H3,(H,22,23)(H2,19,20,21);1H. The van der Waals surface area contributed by atoms with Gasteiger partial charge in [0.2, 0.25) is 5.91 Å². The Bertz CT molecular complexity index is 431. The zero-order valence-electron chi connectivity index (χ0n) is 14.9. The van der Waals surface area contributed by atoms with Gasteiger partial charge >= 0.3 is 0 Å². The first-order valence-corrected chi connectivity index (χ1v) is 9.19. The maximum atomic E-state index is 11.9. The number of hydrogen-bond acceptors (Lipinski definition) is 2. The van der Waals surface area contributed by atoms with Gasteiger partial charge in [0.15, 0.2) is 5.96 Å². The molecule has 1 amide bonds. The van der Waals surface area contributed by atoms with Crippen molar-refractivity contribution in [3.05, 3.63) is 11.6 Å². The molecule has 0 saturated heterocycles. The summed E-state index contributed by atoms with van der Waals surface area (Å²) in [4.78, 5) is 16.1. The molecule has 138 valence electrons. The summed E-state index contributed by atoms with van der Waals surface area (Å²) in [6.07, 6.45) is 13.9. The highest BCUT2D eigenvalue weighted by atomic mass is 127. The van der Waals surface area contributed by atoms with Gasteiger partial charge in [0.25, 0.3) is 0 Å². The lowest BCUT2D eigenvalue weighted by atomic mass is 9.97. The van der Waals surface area contributed by atoms with Crippen LogP contribution in [0.4, 0.5) is 0 Å². The minimum atomic E-state index is 0. The smallest absolute Gasteiger partial charge is 0.221 e. The van der Waals surface area contributed by atoms with Gasteiger partial charge in [0.1, 0.15) is 0 Å². The Morgan fingerprint density at radius 2 is 1.92 bits per heavy atom. The van der Waals surface area contributed by atoms with Crippen LogP contribution in [0.15, 0.2) is 16.6 Å². The van der Waals surface area contributed by atoms with Gasteiger partial charge in [0, 0.05) is 32.6 Å². The van der Waals surface area contributed by atoms with Gasteiger partial charge in [0.05, 0.1) is 0 Å². The van der Waals surface area contributed by atoms with E-state index in [1.807, 2.05) is 0 Å². The number of hydrogen-bond donors (Lipinski definition) is 3. The van der Waals surface area contributed by atoms with E-state index in [2.05, 4.69) is 27.0 Å². The Kier molecular flexibility index (Phi) is 11.1. The number of carbonyl (C=O) groups is 1. The van der Waals surface area contributed by atoms with Gasteiger partial charge < -0.3 is 16.0 Å². The van der Waals surface area contributed by atoms with Gasteiger partial charge in [-0.3, -0.25) is 9.79 Å². The minimum Gasteiger partial charge on any atom is -0.356 e. The number of aliphatic imine (C=N–C) groups is 1. The molecule has 0 bridgehead atoms. The highest BCUT2D eigenvalue weighted by Crippen LogP contribution is 2.19. The van der Waals surface area contributed by atoms with E-state index in [0.717, 1.165) is 31.8 Å². The van der Waals surface area contributed by atoms with Gasteiger partial charge in [-0.25, -0.2) is 0 Å². The molecule has 0 unspecified atom stereocenters. The number of nitrogens with one attached hydrogen (secondary N) is 3. The summed E-state index contributed by atoms with van der Waals surface area (Å²) in [5, 5.41) is 9.66. The second-order valence-electron chi connectivity index (χ2n) is 6.58. The van der Waals surface area contributed by atoms with Crippen molar-refractivity contribution in [3.63, 3.8) is 0 Å². The van der Waals surface area contributed by atoms with E-state index in [1.165, 1.54) is 38.5 Å². The Labute approximate surface area is 163 Å². The third kappa shape index (κ3) is 8.35. The van der Waals surface area contributed by atoms with E-state index in [9.17, 15) is 4.79 Å². The molecule has 0 heterocycles. The average molecular weight is 448 g/mol. The van der Waals surface area contributed by atoms with Crippen LogP contribution in [0.25, 0.3) is 0 Å². The van der Waals surface area contributed by atoms with Crippen LogP contribution in [0.1, 0.15) is 64.2 Å². The predicted octanol–water partition coefficient (Wildman–Crippen LogP) is 3.11. The lowest BCUT2D eigenvalue weighted by Gasteiger charge is -2.15. The van der Waals surface area contributed by atoms with E-state index in [-0.39, 0.29) is 29.9 Å². The maximum Gasteiger partial charge on any atom is 0.221 e. The molecule has 2 rings (SSSR count). The number of guanidine groups is 1. The van der Waals surface area contributed by atoms with Crippen molar-refractivity contribution in [1.82, 2.24) is 16.0 Å². The van der Waals surface area contributed by atoms with E-state index >= 15 is 0 Å². The van der Waals surface area contributed by atoms with Crippen molar-refractivity contribution in [3.8, 4) is 0 Å². The minimum absolute atomic E-state index is 0. The molecular formula is C18H33IN4O. The van der Waals surface area contributed by atoms with Crippen molar-refractivity contribution in [1.29, 1.82) is 0 Å². The van der Waals surface area contributed by atoms with Crippen molar-refractivity contribution < 1.29 is 4.79 Å². The van der Waals surface area contributed by atoms with Crippen LogP contribution in [-0.2, 0) is 4.79 Å². The summed E-state index contributed by atoms with van der Waals surface area (Å²) in [5.41, 5.74) is 1.56. The third-order valence-corrected chi connectivity index (χ3v) is 4.71. The van der Waals surface area contributed by atoms with Crippen molar-refractivity contribution in [2.75, 3.05) is 20.1 Å². The monoisotopic (exact) mass is 448 g/mol. The van der Waals surface area contributed by atoms with Crippen LogP contribution in [-0.4, -0.2) is 38.0 Å². The molecule has 1 saturated carbocycles. The Balaban J connectivity index is 0.00000288. The number of amides is 1.